The van der Waals surface area contributed by atoms with Crippen LogP contribution in [0.15, 0.2) is 44.3 Å². The first-order chi connectivity index (χ1) is 10.7. The summed E-state index contributed by atoms with van der Waals surface area (Å²) in [6.45, 7) is 15.9. The van der Waals surface area contributed by atoms with Crippen LogP contribution in [0.1, 0.15) is 43.6 Å². The van der Waals surface area contributed by atoms with Gasteiger partial charge in [-0.1, -0.05) is 0 Å². The number of benzene rings is 1. The largest absolute Gasteiger partial charge is 1.00 e. The van der Waals surface area contributed by atoms with Crippen LogP contribution in [0, 0.1) is 12.8 Å². The van der Waals surface area contributed by atoms with E-state index in [9.17, 15) is 4.79 Å². The van der Waals surface area contributed by atoms with Crippen LogP contribution < -0.4 is 28.1 Å². The molecule has 1 unspecified atom stereocenters. The zero-order valence-electron chi connectivity index (χ0n) is 16.1. The molecule has 1 aromatic carbocycles. The maximum Gasteiger partial charge on any atom is -1.00 e. The molecule has 0 aromatic heterocycles. The van der Waals surface area contributed by atoms with Gasteiger partial charge in [-0.05, 0) is 0 Å². The molecule has 6 heteroatoms. The maximum absolute atomic E-state index is 12.8. The van der Waals surface area contributed by atoms with E-state index in [2.05, 4.69) is 44.1 Å². The van der Waals surface area contributed by atoms with Gasteiger partial charge in [-0.15, -0.1) is 0 Å². The Morgan fingerprint density at radius 1 is 1.08 bits per heavy atom. The summed E-state index contributed by atoms with van der Waals surface area (Å²) in [5.74, 6) is -0.188. The minimum atomic E-state index is -2.29. The van der Waals surface area contributed by atoms with Crippen LogP contribution in [0.5, 0.6) is 0 Å². The fourth-order valence-corrected chi connectivity index (χ4v) is 25.4. The van der Waals surface area contributed by atoms with Crippen LogP contribution in [0.3, 0.4) is 0 Å². The van der Waals surface area contributed by atoms with Crippen LogP contribution in [0.25, 0.3) is 0 Å². The van der Waals surface area contributed by atoms with Crippen molar-refractivity contribution in [3.63, 3.8) is 0 Å². The number of hydrogen-bond donors (Lipinski definition) is 1. The second kappa shape index (κ2) is 10.2. The number of halogens is 2. The molecule has 0 saturated carbocycles. The van der Waals surface area contributed by atoms with Crippen molar-refractivity contribution in [2.75, 3.05) is 0 Å². The second-order valence-electron chi connectivity index (χ2n) is 6.96. The van der Waals surface area contributed by atoms with Crippen molar-refractivity contribution in [3.05, 3.63) is 55.4 Å². The zero-order valence-corrected chi connectivity index (χ0v) is 22.4. The average molecular weight is 564 g/mol. The summed E-state index contributed by atoms with van der Waals surface area (Å²) in [6.07, 6.45) is 0. The molecular weight excluding hydrogens is 536 g/mol. The minimum Gasteiger partial charge on any atom is -1.00 e. The summed E-state index contributed by atoms with van der Waals surface area (Å²) in [4.78, 5) is 12.8. The number of allylic oxidation sites excluding steroid dienone is 4. The van der Waals surface area contributed by atoms with E-state index < -0.39 is 26.9 Å². The van der Waals surface area contributed by atoms with Gasteiger partial charge < -0.3 is 24.8 Å². The van der Waals surface area contributed by atoms with Crippen LogP contribution in [-0.4, -0.2) is 11.9 Å². The van der Waals surface area contributed by atoms with Gasteiger partial charge in [0.15, 0.2) is 0 Å². The molecule has 1 N–H and O–H groups in total. The van der Waals surface area contributed by atoms with Gasteiger partial charge in [0.2, 0.25) is 0 Å². The molecule has 1 amide bonds. The first-order valence-corrected chi connectivity index (χ1v) is 21.1. The van der Waals surface area contributed by atoms with Crippen LogP contribution in [-0.2, 0) is 20.9 Å². The van der Waals surface area contributed by atoms with Gasteiger partial charge in [0.05, 0.1) is 0 Å². The molecule has 0 saturated heterocycles. The van der Waals surface area contributed by atoms with Gasteiger partial charge in [0, 0.05) is 0 Å². The standard InChI is InChI=1S/C9H13.C8H9NO.C2H7Si.2ClH.Hf/c1-6-5-7(2)9(4)8(6)3;1-6-3-2-4-7(5-6)8(9)10;1-3-2;;;/h6H,1-4H3;2-5H,1H3,(H2,9,10);3H,1-2H3;2*1H;/q;;;;;+3/p-3. The van der Waals surface area contributed by atoms with Crippen molar-refractivity contribution >= 4 is 11.9 Å². The predicted molar refractivity (Wildman–Crippen MR) is 97.8 cm³/mol. The first kappa shape index (κ1) is 24.8. The summed E-state index contributed by atoms with van der Waals surface area (Å²) in [7, 11) is 0. The van der Waals surface area contributed by atoms with Crippen molar-refractivity contribution in [2.24, 2.45) is 5.92 Å². The molecule has 25 heavy (non-hydrogen) atoms. The minimum absolute atomic E-state index is 0. The van der Waals surface area contributed by atoms with E-state index >= 15 is 0 Å². The van der Waals surface area contributed by atoms with Crippen molar-refractivity contribution < 1.29 is 50.5 Å². The third kappa shape index (κ3) is 5.41. The van der Waals surface area contributed by atoms with E-state index in [0.29, 0.717) is 5.92 Å². The summed E-state index contributed by atoms with van der Waals surface area (Å²) < 4.78 is 5.20. The van der Waals surface area contributed by atoms with Crippen molar-refractivity contribution in [3.8, 4) is 0 Å². The normalized spacial score (nSPS) is 16.6. The number of nitrogens with one attached hydrogen (secondary N) is 1. The first-order valence-electron chi connectivity index (χ1n) is 8.37. The zero-order chi connectivity index (χ0) is 17.3. The van der Waals surface area contributed by atoms with Crippen LogP contribution in [0.4, 0.5) is 0 Å². The molecule has 0 heterocycles. The summed E-state index contributed by atoms with van der Waals surface area (Å²) >= 11 is -2.29. The topological polar surface area (TPSA) is 29.1 Å². The molecule has 1 aliphatic carbocycles. The van der Waals surface area contributed by atoms with E-state index in [-0.39, 0.29) is 30.7 Å². The third-order valence-corrected chi connectivity index (χ3v) is 29.1. The van der Waals surface area contributed by atoms with Gasteiger partial charge in [-0.3, -0.25) is 0 Å². The number of amides is 1. The number of rotatable bonds is 4. The molecule has 2 nitrogen and oxygen atoms in total. The van der Waals surface area contributed by atoms with Crippen molar-refractivity contribution in [2.45, 2.75) is 47.7 Å². The Kier molecular flexibility index (Phi) is 10.2. The third-order valence-electron chi connectivity index (χ3n) is 5.04. The molecule has 1 aromatic rings. The molecule has 0 bridgehead atoms. The fourth-order valence-electron chi connectivity index (χ4n) is 3.30. The Labute approximate surface area is 173 Å². The molecule has 1 atom stereocenters. The van der Waals surface area contributed by atoms with Gasteiger partial charge >= 0.3 is 150 Å². The molecule has 137 valence electrons. The van der Waals surface area contributed by atoms with Crippen LogP contribution >= 0.6 is 0 Å². The van der Waals surface area contributed by atoms with E-state index in [1.807, 2.05) is 31.2 Å². The average Bonchev–Trinajstić information content (AvgIpc) is 2.69. The summed E-state index contributed by atoms with van der Waals surface area (Å²) in [6, 6.07) is 7.94. The van der Waals surface area contributed by atoms with Gasteiger partial charge in [0.1, 0.15) is 0 Å². The number of carbonyl (C=O) groups excluding carboxylic acids is 1. The second-order valence-corrected chi connectivity index (χ2v) is 32.2. The van der Waals surface area contributed by atoms with E-state index in [0.717, 1.165) is 11.1 Å². The maximum atomic E-state index is 12.8. The van der Waals surface area contributed by atoms with Gasteiger partial charge in [-0.2, -0.15) is 0 Å². The molecule has 0 radical (unpaired) electrons. The van der Waals surface area contributed by atoms with E-state index in [1.54, 1.807) is 3.33 Å². The van der Waals surface area contributed by atoms with E-state index in [1.165, 1.54) is 16.7 Å². The van der Waals surface area contributed by atoms with E-state index in [4.69, 9.17) is 0 Å². The SMILES string of the molecule is CC1=C(C)C(C)[C]([Hf+2]([NH]C(=O)c2cccc(C)c2)[SiH](C)C)=C1C.[Cl-].[Cl-]. The summed E-state index contributed by atoms with van der Waals surface area (Å²) in [5.41, 5.74) is 6.38. The quantitative estimate of drug-likeness (QED) is 0.445. The smallest absolute Gasteiger partial charge is 1.00 e. The molecule has 0 fully saturated rings. The van der Waals surface area contributed by atoms with Crippen LogP contribution in [0.2, 0.25) is 13.1 Å². The molecule has 2 rings (SSSR count). The van der Waals surface area contributed by atoms with Gasteiger partial charge in [-0.25, -0.2) is 0 Å². The Morgan fingerprint density at radius 3 is 2.12 bits per heavy atom. The molecule has 0 spiro atoms. The Hall–Kier alpha value is -0.163. The summed E-state index contributed by atoms with van der Waals surface area (Å²) in [5, 5.41) is 0. The predicted octanol–water partition coefficient (Wildman–Crippen LogP) is -1.49. The Morgan fingerprint density at radius 2 is 1.68 bits per heavy atom. The Bertz CT molecular complexity index is 700. The number of carbonyl (C=O) groups is 1. The van der Waals surface area contributed by atoms with Crippen molar-refractivity contribution in [1.82, 2.24) is 3.30 Å². The fraction of sp³-hybridized carbons (Fsp3) is 0.421. The van der Waals surface area contributed by atoms with Crippen molar-refractivity contribution in [1.29, 1.82) is 0 Å². The Balaban J connectivity index is 0.00000288. The molecular formula is C19H28Cl2HfNOSi. The monoisotopic (exact) mass is 564 g/mol. The van der Waals surface area contributed by atoms with Gasteiger partial charge in [0.25, 0.3) is 0 Å². The number of aryl methyl sites for hydroxylation is 1. The molecule has 0 aliphatic heterocycles. The number of hydrogen-bond acceptors (Lipinski definition) is 1. The molecule has 1 aliphatic rings.